The number of nitrogens with one attached hydrogen (secondary N) is 1. The molecule has 1 aliphatic rings. The van der Waals surface area contributed by atoms with Gasteiger partial charge in [0.15, 0.2) is 5.82 Å². The van der Waals surface area contributed by atoms with Crippen LogP contribution in [0.25, 0.3) is 11.4 Å². The third-order valence-corrected chi connectivity index (χ3v) is 3.89. The molecule has 110 valence electrons. The Morgan fingerprint density at radius 2 is 2.00 bits per heavy atom. The number of hydrogen-bond acceptors (Lipinski definition) is 3. The molecule has 1 aromatic heterocycles. The van der Waals surface area contributed by atoms with Gasteiger partial charge in [0.25, 0.3) is 0 Å². The van der Waals surface area contributed by atoms with Crippen LogP contribution < -0.4 is 5.32 Å². The van der Waals surface area contributed by atoms with Crippen LogP contribution in [0.15, 0.2) is 30.3 Å². The van der Waals surface area contributed by atoms with E-state index in [0.29, 0.717) is 5.92 Å². The standard InChI is InChI=1S/C18H23N3/c1-4-19-17-11-16(12(2)3)20-18(21-17)15-7-5-6-14(10-15)13-8-9-13/h5-7,10-13H,4,8-9H2,1-3H3,(H,19,20,21). The smallest absolute Gasteiger partial charge is 0.161 e. The molecule has 1 fully saturated rings. The first-order valence-corrected chi connectivity index (χ1v) is 7.90. The highest BCUT2D eigenvalue weighted by Crippen LogP contribution is 2.40. The van der Waals surface area contributed by atoms with Crippen molar-refractivity contribution in [3.63, 3.8) is 0 Å². The summed E-state index contributed by atoms with van der Waals surface area (Å²) < 4.78 is 0. The SMILES string of the molecule is CCNc1cc(C(C)C)nc(-c2cccc(C3CC3)c2)n1. The Hall–Kier alpha value is -1.90. The second-order valence-electron chi connectivity index (χ2n) is 6.09. The zero-order valence-corrected chi connectivity index (χ0v) is 13.1. The van der Waals surface area contributed by atoms with Gasteiger partial charge in [-0.05, 0) is 43.2 Å². The zero-order chi connectivity index (χ0) is 14.8. The molecule has 3 nitrogen and oxygen atoms in total. The molecule has 1 heterocycles. The number of nitrogens with zero attached hydrogens (tertiary/aromatic N) is 2. The van der Waals surface area contributed by atoms with E-state index in [9.17, 15) is 0 Å². The van der Waals surface area contributed by atoms with Crippen LogP contribution in [0.2, 0.25) is 0 Å². The summed E-state index contributed by atoms with van der Waals surface area (Å²) >= 11 is 0. The van der Waals surface area contributed by atoms with E-state index in [1.54, 1.807) is 0 Å². The van der Waals surface area contributed by atoms with Crippen molar-refractivity contribution in [1.29, 1.82) is 0 Å². The van der Waals surface area contributed by atoms with Crippen LogP contribution in [0, 0.1) is 0 Å². The Morgan fingerprint density at radius 1 is 1.19 bits per heavy atom. The molecular weight excluding hydrogens is 258 g/mol. The predicted molar refractivity (Wildman–Crippen MR) is 87.7 cm³/mol. The minimum atomic E-state index is 0.399. The summed E-state index contributed by atoms with van der Waals surface area (Å²) in [5.74, 6) is 2.91. The van der Waals surface area contributed by atoms with Gasteiger partial charge in [-0.15, -0.1) is 0 Å². The largest absolute Gasteiger partial charge is 0.370 e. The van der Waals surface area contributed by atoms with Crippen LogP contribution in [0.4, 0.5) is 5.82 Å². The number of anilines is 1. The van der Waals surface area contributed by atoms with Crippen molar-refractivity contribution < 1.29 is 0 Å². The third kappa shape index (κ3) is 3.23. The van der Waals surface area contributed by atoms with Crippen molar-refractivity contribution in [1.82, 2.24) is 9.97 Å². The Balaban J connectivity index is 2.01. The van der Waals surface area contributed by atoms with Gasteiger partial charge in [0.1, 0.15) is 5.82 Å². The van der Waals surface area contributed by atoms with Crippen LogP contribution in [-0.2, 0) is 0 Å². The second-order valence-corrected chi connectivity index (χ2v) is 6.09. The number of hydrogen-bond donors (Lipinski definition) is 1. The van der Waals surface area contributed by atoms with E-state index in [-0.39, 0.29) is 0 Å². The van der Waals surface area contributed by atoms with Gasteiger partial charge in [0.05, 0.1) is 0 Å². The van der Waals surface area contributed by atoms with Crippen LogP contribution in [0.1, 0.15) is 56.7 Å². The lowest BCUT2D eigenvalue weighted by molar-refractivity contribution is 0.817. The quantitative estimate of drug-likeness (QED) is 0.872. The summed E-state index contributed by atoms with van der Waals surface area (Å²) in [4.78, 5) is 9.43. The van der Waals surface area contributed by atoms with Gasteiger partial charge < -0.3 is 5.32 Å². The van der Waals surface area contributed by atoms with Crippen LogP contribution >= 0.6 is 0 Å². The maximum absolute atomic E-state index is 4.76. The molecule has 21 heavy (non-hydrogen) atoms. The van der Waals surface area contributed by atoms with E-state index in [1.165, 1.54) is 18.4 Å². The highest BCUT2D eigenvalue weighted by molar-refractivity contribution is 5.59. The van der Waals surface area contributed by atoms with Crippen molar-refractivity contribution in [3.05, 3.63) is 41.6 Å². The summed E-state index contributed by atoms with van der Waals surface area (Å²) in [5, 5.41) is 3.31. The van der Waals surface area contributed by atoms with Crippen LogP contribution in [0.3, 0.4) is 0 Å². The normalized spacial score (nSPS) is 14.5. The van der Waals surface area contributed by atoms with Crippen molar-refractivity contribution >= 4 is 5.82 Å². The van der Waals surface area contributed by atoms with Crippen molar-refractivity contribution in [2.45, 2.75) is 45.4 Å². The van der Waals surface area contributed by atoms with Gasteiger partial charge in [0, 0.05) is 23.9 Å². The third-order valence-electron chi connectivity index (χ3n) is 3.89. The first kappa shape index (κ1) is 14.1. The average molecular weight is 281 g/mol. The highest BCUT2D eigenvalue weighted by atomic mass is 15.0. The average Bonchev–Trinajstić information content (AvgIpc) is 3.32. The van der Waals surface area contributed by atoms with Gasteiger partial charge in [0.2, 0.25) is 0 Å². The van der Waals surface area contributed by atoms with Crippen molar-refractivity contribution in [2.24, 2.45) is 0 Å². The lowest BCUT2D eigenvalue weighted by Gasteiger charge is -2.11. The fraction of sp³-hybridized carbons (Fsp3) is 0.444. The molecule has 0 bridgehead atoms. The van der Waals surface area contributed by atoms with Gasteiger partial charge in [-0.3, -0.25) is 0 Å². The van der Waals surface area contributed by atoms with Crippen LogP contribution in [-0.4, -0.2) is 16.5 Å². The first-order valence-electron chi connectivity index (χ1n) is 7.90. The minimum Gasteiger partial charge on any atom is -0.370 e. The molecule has 1 saturated carbocycles. The molecule has 0 radical (unpaired) electrons. The molecule has 3 rings (SSSR count). The molecule has 0 spiro atoms. The Bertz CT molecular complexity index is 630. The predicted octanol–water partition coefficient (Wildman–Crippen LogP) is 4.58. The lowest BCUT2D eigenvalue weighted by atomic mass is 10.1. The topological polar surface area (TPSA) is 37.8 Å². The number of rotatable bonds is 5. The maximum atomic E-state index is 4.76. The number of aromatic nitrogens is 2. The summed E-state index contributed by atoms with van der Waals surface area (Å²) in [6, 6.07) is 10.8. The Labute approximate surface area is 126 Å². The van der Waals surface area contributed by atoms with Crippen molar-refractivity contribution in [3.8, 4) is 11.4 Å². The van der Waals surface area contributed by atoms with E-state index in [1.807, 2.05) is 0 Å². The Morgan fingerprint density at radius 3 is 2.67 bits per heavy atom. The molecule has 2 aromatic rings. The molecule has 0 unspecified atom stereocenters. The summed E-state index contributed by atoms with van der Waals surface area (Å²) in [7, 11) is 0. The van der Waals surface area contributed by atoms with Gasteiger partial charge in [-0.1, -0.05) is 32.0 Å². The van der Waals surface area contributed by atoms with E-state index in [2.05, 4.69) is 61.4 Å². The lowest BCUT2D eigenvalue weighted by Crippen LogP contribution is -2.05. The molecule has 0 saturated heterocycles. The van der Waals surface area contributed by atoms with E-state index in [4.69, 9.17) is 4.98 Å². The maximum Gasteiger partial charge on any atom is 0.161 e. The molecule has 0 aliphatic heterocycles. The minimum absolute atomic E-state index is 0.399. The highest BCUT2D eigenvalue weighted by Gasteiger charge is 2.23. The van der Waals surface area contributed by atoms with Gasteiger partial charge >= 0.3 is 0 Å². The summed E-state index contributed by atoms with van der Waals surface area (Å²) in [6.07, 6.45) is 2.64. The molecular formula is C18H23N3. The summed E-state index contributed by atoms with van der Waals surface area (Å²) in [5.41, 5.74) is 3.64. The van der Waals surface area contributed by atoms with Gasteiger partial charge in [-0.25, -0.2) is 9.97 Å². The molecule has 1 aliphatic carbocycles. The Kier molecular flexibility index (Phi) is 3.91. The molecule has 0 amide bonds. The van der Waals surface area contributed by atoms with E-state index >= 15 is 0 Å². The zero-order valence-electron chi connectivity index (χ0n) is 13.1. The van der Waals surface area contributed by atoms with Crippen molar-refractivity contribution in [2.75, 3.05) is 11.9 Å². The van der Waals surface area contributed by atoms with Crippen LogP contribution in [0.5, 0.6) is 0 Å². The van der Waals surface area contributed by atoms with Gasteiger partial charge in [-0.2, -0.15) is 0 Å². The first-order chi connectivity index (χ1) is 10.2. The summed E-state index contributed by atoms with van der Waals surface area (Å²) in [6.45, 7) is 7.30. The fourth-order valence-electron chi connectivity index (χ4n) is 2.51. The fourth-order valence-corrected chi connectivity index (χ4v) is 2.51. The second kappa shape index (κ2) is 5.84. The molecule has 1 N–H and O–H groups in total. The molecule has 0 atom stereocenters. The van der Waals surface area contributed by atoms with E-state index < -0.39 is 0 Å². The monoisotopic (exact) mass is 281 g/mol. The molecule has 3 heteroatoms. The van der Waals surface area contributed by atoms with E-state index in [0.717, 1.165) is 35.4 Å². The number of benzene rings is 1. The molecule has 1 aromatic carbocycles.